The number of rotatable bonds is 4. The minimum absolute atomic E-state index is 0.0497. The van der Waals surface area contributed by atoms with Gasteiger partial charge < -0.3 is 4.74 Å². The monoisotopic (exact) mass is 362 g/mol. The smallest absolute Gasteiger partial charge is 0.339 e. The number of hydrogen-bond acceptors (Lipinski definition) is 4. The molecule has 0 aliphatic heterocycles. The lowest BCUT2D eigenvalue weighted by molar-refractivity contribution is 0.0387. The number of para-hydroxylation sites is 2. The molecule has 0 N–H and O–H groups in total. The molecular weight excluding hydrogens is 346 g/mol. The lowest BCUT2D eigenvalue weighted by atomic mass is 9.96. The summed E-state index contributed by atoms with van der Waals surface area (Å²) in [5.74, 6) is -0.416. The number of thiophene rings is 1. The van der Waals surface area contributed by atoms with Gasteiger partial charge in [-0.1, -0.05) is 12.1 Å². The fourth-order valence-corrected chi connectivity index (χ4v) is 4.40. The average molecular weight is 362 g/mol. The van der Waals surface area contributed by atoms with E-state index < -0.39 is 12.5 Å². The first-order chi connectivity index (χ1) is 12.1. The SMILES string of the molecule is O=C(OCc1nc2ccccc2n1C(F)F)c1csc2c1CCCC2. The number of nitrogens with zero attached hydrogens (tertiary/aromatic N) is 2. The zero-order chi connectivity index (χ0) is 17.4. The predicted octanol–water partition coefficient (Wildman–Crippen LogP) is 4.73. The number of carbonyl (C=O) groups is 1. The van der Waals surface area contributed by atoms with E-state index in [4.69, 9.17) is 4.74 Å². The molecule has 3 aromatic rings. The maximum Gasteiger partial charge on any atom is 0.339 e. The van der Waals surface area contributed by atoms with Crippen LogP contribution in [0.15, 0.2) is 29.6 Å². The molecule has 4 rings (SSSR count). The van der Waals surface area contributed by atoms with Crippen molar-refractivity contribution in [2.45, 2.75) is 38.8 Å². The molecule has 0 atom stereocenters. The van der Waals surface area contributed by atoms with Gasteiger partial charge in [0.05, 0.1) is 16.6 Å². The Morgan fingerprint density at radius 3 is 2.92 bits per heavy atom. The molecular formula is C18H16F2N2O2S. The number of esters is 1. The second-order valence-electron chi connectivity index (χ2n) is 6.00. The van der Waals surface area contributed by atoms with Gasteiger partial charge in [-0.3, -0.25) is 4.57 Å². The van der Waals surface area contributed by atoms with Crippen LogP contribution in [0.5, 0.6) is 0 Å². The van der Waals surface area contributed by atoms with Crippen LogP contribution in [0.25, 0.3) is 11.0 Å². The van der Waals surface area contributed by atoms with E-state index in [-0.39, 0.29) is 12.4 Å². The fourth-order valence-electron chi connectivity index (χ4n) is 3.29. The second kappa shape index (κ2) is 6.55. The fraction of sp³-hybridized carbons (Fsp3) is 0.333. The van der Waals surface area contributed by atoms with Crippen LogP contribution in [0.3, 0.4) is 0 Å². The highest BCUT2D eigenvalue weighted by Gasteiger charge is 2.23. The van der Waals surface area contributed by atoms with E-state index in [2.05, 4.69) is 4.98 Å². The second-order valence-corrected chi connectivity index (χ2v) is 6.96. The Morgan fingerprint density at radius 1 is 1.28 bits per heavy atom. The van der Waals surface area contributed by atoms with Crippen LogP contribution >= 0.6 is 11.3 Å². The molecule has 1 aromatic carbocycles. The van der Waals surface area contributed by atoms with Gasteiger partial charge in [-0.15, -0.1) is 11.3 Å². The van der Waals surface area contributed by atoms with Crippen LogP contribution in [0.1, 0.15) is 46.0 Å². The molecule has 0 saturated carbocycles. The Hall–Kier alpha value is -2.28. The molecule has 0 spiro atoms. The standard InChI is InChI=1S/C18H16F2N2O2S/c19-18(20)22-14-7-3-2-6-13(14)21-16(22)9-24-17(23)12-10-25-15-8-4-1-5-11(12)15/h2-3,6-7,10,18H,1,4-5,8-9H2. The summed E-state index contributed by atoms with van der Waals surface area (Å²) in [4.78, 5) is 17.8. The van der Waals surface area contributed by atoms with E-state index in [0.717, 1.165) is 35.8 Å². The number of benzene rings is 1. The van der Waals surface area contributed by atoms with Crippen LogP contribution in [0.2, 0.25) is 0 Å². The Kier molecular flexibility index (Phi) is 4.25. The van der Waals surface area contributed by atoms with Crippen molar-refractivity contribution in [3.8, 4) is 0 Å². The first kappa shape index (κ1) is 16.2. The third-order valence-electron chi connectivity index (χ3n) is 4.48. The van der Waals surface area contributed by atoms with Crippen molar-refractivity contribution in [3.63, 3.8) is 0 Å². The maximum atomic E-state index is 13.4. The van der Waals surface area contributed by atoms with Crippen molar-refractivity contribution in [3.05, 3.63) is 51.5 Å². The van der Waals surface area contributed by atoms with Gasteiger partial charge in [0.2, 0.25) is 0 Å². The van der Waals surface area contributed by atoms with Gasteiger partial charge in [-0.2, -0.15) is 8.78 Å². The number of carbonyl (C=O) groups excluding carboxylic acids is 1. The molecule has 7 heteroatoms. The van der Waals surface area contributed by atoms with E-state index in [9.17, 15) is 13.6 Å². The zero-order valence-corrected chi connectivity index (χ0v) is 14.2. The van der Waals surface area contributed by atoms with Crippen molar-refractivity contribution in [1.29, 1.82) is 0 Å². The highest BCUT2D eigenvalue weighted by molar-refractivity contribution is 7.10. The summed E-state index contributed by atoms with van der Waals surface area (Å²) in [6.45, 7) is -3.02. The van der Waals surface area contributed by atoms with Crippen molar-refractivity contribution in [2.24, 2.45) is 0 Å². The van der Waals surface area contributed by atoms with Crippen molar-refractivity contribution in [1.82, 2.24) is 9.55 Å². The molecule has 130 valence electrons. The molecule has 0 bridgehead atoms. The molecule has 2 aromatic heterocycles. The predicted molar refractivity (Wildman–Crippen MR) is 91.1 cm³/mol. The van der Waals surface area contributed by atoms with Gasteiger partial charge >= 0.3 is 12.5 Å². The van der Waals surface area contributed by atoms with Crippen LogP contribution in [0.4, 0.5) is 8.78 Å². The maximum absolute atomic E-state index is 13.4. The normalized spacial score (nSPS) is 14.0. The van der Waals surface area contributed by atoms with Gasteiger partial charge in [0.15, 0.2) is 5.82 Å². The van der Waals surface area contributed by atoms with Crippen LogP contribution in [-0.2, 0) is 24.2 Å². The Labute approximate surface area is 147 Å². The summed E-state index contributed by atoms with van der Waals surface area (Å²) in [5.41, 5.74) is 2.42. The summed E-state index contributed by atoms with van der Waals surface area (Å²) in [5, 5.41) is 1.81. The highest BCUT2D eigenvalue weighted by Crippen LogP contribution is 2.31. The van der Waals surface area contributed by atoms with Crippen LogP contribution < -0.4 is 0 Å². The third-order valence-corrected chi connectivity index (χ3v) is 5.57. The number of hydrogen-bond donors (Lipinski definition) is 0. The van der Waals surface area contributed by atoms with E-state index >= 15 is 0 Å². The molecule has 0 fully saturated rings. The summed E-state index contributed by atoms with van der Waals surface area (Å²) >= 11 is 1.57. The van der Waals surface area contributed by atoms with E-state index in [1.807, 2.05) is 5.38 Å². The summed E-state index contributed by atoms with van der Waals surface area (Å²) in [6.07, 6.45) is 4.07. The Balaban J connectivity index is 1.57. The Morgan fingerprint density at radius 2 is 2.08 bits per heavy atom. The lowest BCUT2D eigenvalue weighted by Crippen LogP contribution is -2.12. The molecule has 2 heterocycles. The molecule has 0 radical (unpaired) electrons. The Bertz CT molecular complexity index is 932. The average Bonchev–Trinajstić information content (AvgIpc) is 3.20. The van der Waals surface area contributed by atoms with E-state index in [0.29, 0.717) is 16.6 Å². The van der Waals surface area contributed by atoms with Gasteiger partial charge in [0, 0.05) is 10.3 Å². The molecule has 1 aliphatic carbocycles. The molecule has 0 unspecified atom stereocenters. The number of ether oxygens (including phenoxy) is 1. The number of imidazole rings is 1. The first-order valence-electron chi connectivity index (χ1n) is 8.15. The zero-order valence-electron chi connectivity index (χ0n) is 13.4. The van der Waals surface area contributed by atoms with Gasteiger partial charge in [-0.05, 0) is 43.4 Å². The molecule has 4 nitrogen and oxygen atoms in total. The third kappa shape index (κ3) is 2.93. The summed E-state index contributed by atoms with van der Waals surface area (Å²) in [6, 6.07) is 6.65. The van der Waals surface area contributed by atoms with E-state index in [1.54, 1.807) is 35.6 Å². The quantitative estimate of drug-likeness (QED) is 0.630. The van der Waals surface area contributed by atoms with Gasteiger partial charge in [0.1, 0.15) is 6.61 Å². The van der Waals surface area contributed by atoms with Crippen LogP contribution in [0, 0.1) is 0 Å². The van der Waals surface area contributed by atoms with Crippen molar-refractivity contribution < 1.29 is 18.3 Å². The molecule has 0 amide bonds. The largest absolute Gasteiger partial charge is 0.454 e. The van der Waals surface area contributed by atoms with E-state index in [1.165, 1.54) is 4.88 Å². The molecule has 1 aliphatic rings. The first-order valence-corrected chi connectivity index (χ1v) is 9.03. The van der Waals surface area contributed by atoms with Crippen molar-refractivity contribution in [2.75, 3.05) is 0 Å². The number of aryl methyl sites for hydroxylation is 1. The van der Waals surface area contributed by atoms with Crippen LogP contribution in [-0.4, -0.2) is 15.5 Å². The number of aromatic nitrogens is 2. The minimum atomic E-state index is -2.74. The lowest BCUT2D eigenvalue weighted by Gasteiger charge is -2.12. The van der Waals surface area contributed by atoms with Crippen molar-refractivity contribution >= 4 is 28.3 Å². The number of alkyl halides is 2. The molecule has 0 saturated heterocycles. The molecule has 25 heavy (non-hydrogen) atoms. The minimum Gasteiger partial charge on any atom is -0.454 e. The van der Waals surface area contributed by atoms with Gasteiger partial charge in [-0.25, -0.2) is 9.78 Å². The number of fused-ring (bicyclic) bond motifs is 2. The summed E-state index contributed by atoms with van der Waals surface area (Å²) in [7, 11) is 0. The highest BCUT2D eigenvalue weighted by atomic mass is 32.1. The van der Waals surface area contributed by atoms with Gasteiger partial charge in [0.25, 0.3) is 0 Å². The summed E-state index contributed by atoms with van der Waals surface area (Å²) < 4.78 is 32.9. The number of halogens is 2. The topological polar surface area (TPSA) is 44.1 Å².